The molecule has 1 aliphatic heterocycles. The third kappa shape index (κ3) is 5.09. The Balaban J connectivity index is 1.83. The third-order valence-electron chi connectivity index (χ3n) is 4.47. The Labute approximate surface area is 174 Å². The van der Waals surface area contributed by atoms with Crippen LogP contribution in [0.15, 0.2) is 59.8 Å². The number of hydrogen-bond acceptors (Lipinski definition) is 4. The number of rotatable bonds is 7. The van der Waals surface area contributed by atoms with E-state index in [1.165, 1.54) is 0 Å². The Bertz CT molecular complexity index is 942. The van der Waals surface area contributed by atoms with Crippen molar-refractivity contribution in [3.8, 4) is 5.75 Å². The van der Waals surface area contributed by atoms with Crippen molar-refractivity contribution < 1.29 is 19.1 Å². The van der Waals surface area contributed by atoms with Gasteiger partial charge < -0.3 is 20.1 Å². The van der Waals surface area contributed by atoms with E-state index in [4.69, 9.17) is 21.1 Å². The van der Waals surface area contributed by atoms with E-state index < -0.39 is 12.0 Å². The molecule has 1 unspecified atom stereocenters. The minimum absolute atomic E-state index is 0.308. The fourth-order valence-electron chi connectivity index (χ4n) is 3.05. The fourth-order valence-corrected chi connectivity index (χ4v) is 3.24. The highest BCUT2D eigenvalue weighted by molar-refractivity contribution is 6.31. The van der Waals surface area contributed by atoms with Gasteiger partial charge in [0.05, 0.1) is 18.2 Å². The second kappa shape index (κ2) is 9.47. The van der Waals surface area contributed by atoms with E-state index in [0.29, 0.717) is 41.7 Å². The van der Waals surface area contributed by atoms with Gasteiger partial charge in [0.2, 0.25) is 0 Å². The van der Waals surface area contributed by atoms with E-state index in [9.17, 15) is 9.59 Å². The quantitative estimate of drug-likeness (QED) is 0.654. The monoisotopic (exact) mass is 414 g/mol. The molecule has 0 saturated heterocycles. The van der Waals surface area contributed by atoms with Gasteiger partial charge in [-0.05, 0) is 37.1 Å². The first-order valence-corrected chi connectivity index (χ1v) is 9.79. The molecule has 1 aliphatic rings. The lowest BCUT2D eigenvalue weighted by molar-refractivity contribution is -0.139. The molecule has 1 atom stereocenters. The molecule has 2 aromatic rings. The number of benzene rings is 2. The van der Waals surface area contributed by atoms with Crippen molar-refractivity contribution in [3.05, 3.63) is 76.0 Å². The maximum Gasteiger partial charge on any atom is 0.338 e. The lowest BCUT2D eigenvalue weighted by atomic mass is 9.95. The van der Waals surface area contributed by atoms with Gasteiger partial charge in [-0.2, -0.15) is 0 Å². The SMILES string of the molecule is CCCOC(=O)C1=C(C)NC(=O)NC1c1cccc(OCc2ccccc2Cl)c1. The highest BCUT2D eigenvalue weighted by Gasteiger charge is 2.32. The fraction of sp³-hybridized carbons (Fsp3) is 0.273. The molecule has 0 aliphatic carbocycles. The third-order valence-corrected chi connectivity index (χ3v) is 4.84. The molecule has 1 heterocycles. The van der Waals surface area contributed by atoms with Crippen LogP contribution in [0.4, 0.5) is 4.79 Å². The van der Waals surface area contributed by atoms with Crippen LogP contribution in [0.3, 0.4) is 0 Å². The average Bonchev–Trinajstić information content (AvgIpc) is 2.71. The molecule has 0 spiro atoms. The average molecular weight is 415 g/mol. The van der Waals surface area contributed by atoms with Crippen molar-refractivity contribution in [2.45, 2.75) is 32.9 Å². The standard InChI is InChI=1S/C22H23ClN2O4/c1-3-11-28-21(26)19-14(2)24-22(27)25-20(19)15-8-6-9-17(12-15)29-13-16-7-4-5-10-18(16)23/h4-10,12,20H,3,11,13H2,1-2H3,(H2,24,25,27). The maximum atomic E-state index is 12.6. The van der Waals surface area contributed by atoms with E-state index in [1.54, 1.807) is 13.0 Å². The summed E-state index contributed by atoms with van der Waals surface area (Å²) < 4.78 is 11.2. The van der Waals surface area contributed by atoms with E-state index in [-0.39, 0.29) is 6.03 Å². The minimum Gasteiger partial charge on any atom is -0.489 e. The Kier molecular flexibility index (Phi) is 6.77. The number of hydrogen-bond donors (Lipinski definition) is 2. The van der Waals surface area contributed by atoms with Gasteiger partial charge in [-0.3, -0.25) is 0 Å². The summed E-state index contributed by atoms with van der Waals surface area (Å²) in [7, 11) is 0. The lowest BCUT2D eigenvalue weighted by Gasteiger charge is -2.28. The number of halogens is 1. The van der Waals surface area contributed by atoms with Crippen LogP contribution in [0.1, 0.15) is 37.4 Å². The predicted octanol–water partition coefficient (Wildman–Crippen LogP) is 4.50. The molecule has 2 amide bonds. The molecule has 2 aromatic carbocycles. The maximum absolute atomic E-state index is 12.6. The van der Waals surface area contributed by atoms with Crippen LogP contribution in [0.5, 0.6) is 5.75 Å². The Morgan fingerprint density at radius 2 is 1.97 bits per heavy atom. The zero-order valence-electron chi connectivity index (χ0n) is 16.3. The summed E-state index contributed by atoms with van der Waals surface area (Å²) in [4.78, 5) is 24.6. The first kappa shape index (κ1) is 20.7. The summed E-state index contributed by atoms with van der Waals surface area (Å²) in [6, 6.07) is 13.7. The number of carbonyl (C=O) groups excluding carboxylic acids is 2. The van der Waals surface area contributed by atoms with Gasteiger partial charge >= 0.3 is 12.0 Å². The highest BCUT2D eigenvalue weighted by atomic mass is 35.5. The Hall–Kier alpha value is -2.99. The van der Waals surface area contributed by atoms with Gasteiger partial charge in [-0.1, -0.05) is 48.9 Å². The normalized spacial score (nSPS) is 16.1. The molecule has 7 heteroatoms. The highest BCUT2D eigenvalue weighted by Crippen LogP contribution is 2.30. The molecule has 3 rings (SSSR count). The number of amides is 2. The molecule has 0 aromatic heterocycles. The second-order valence-electron chi connectivity index (χ2n) is 6.66. The molecule has 0 saturated carbocycles. The number of urea groups is 1. The number of ether oxygens (including phenoxy) is 2. The molecule has 0 bridgehead atoms. The van der Waals surface area contributed by atoms with Gasteiger partial charge in [-0.15, -0.1) is 0 Å². The largest absolute Gasteiger partial charge is 0.489 e. The van der Waals surface area contributed by atoms with Crippen molar-refractivity contribution in [2.75, 3.05) is 6.61 Å². The van der Waals surface area contributed by atoms with Gasteiger partial charge in [0.1, 0.15) is 12.4 Å². The Morgan fingerprint density at radius 1 is 1.17 bits per heavy atom. The number of carbonyl (C=O) groups is 2. The van der Waals surface area contributed by atoms with E-state index >= 15 is 0 Å². The van der Waals surface area contributed by atoms with Crippen LogP contribution in [0.25, 0.3) is 0 Å². The zero-order valence-corrected chi connectivity index (χ0v) is 17.1. The van der Waals surface area contributed by atoms with Crippen LogP contribution in [0.2, 0.25) is 5.02 Å². The van der Waals surface area contributed by atoms with Crippen LogP contribution >= 0.6 is 11.6 Å². The zero-order chi connectivity index (χ0) is 20.8. The molecule has 6 nitrogen and oxygen atoms in total. The molecule has 2 N–H and O–H groups in total. The minimum atomic E-state index is -0.628. The van der Waals surface area contributed by atoms with Crippen LogP contribution in [-0.4, -0.2) is 18.6 Å². The number of allylic oxidation sites excluding steroid dienone is 1. The number of nitrogens with one attached hydrogen (secondary N) is 2. The summed E-state index contributed by atoms with van der Waals surface area (Å²) >= 11 is 6.18. The number of esters is 1. The molecule has 152 valence electrons. The molecular formula is C22H23ClN2O4. The van der Waals surface area contributed by atoms with E-state index in [1.807, 2.05) is 49.4 Å². The smallest absolute Gasteiger partial charge is 0.338 e. The second-order valence-corrected chi connectivity index (χ2v) is 7.07. The van der Waals surface area contributed by atoms with E-state index in [0.717, 1.165) is 11.1 Å². The summed E-state index contributed by atoms with van der Waals surface area (Å²) in [6.45, 7) is 4.23. The summed E-state index contributed by atoms with van der Waals surface area (Å²) in [5.74, 6) is 0.151. The van der Waals surface area contributed by atoms with Crippen molar-refractivity contribution in [3.63, 3.8) is 0 Å². The topological polar surface area (TPSA) is 76.7 Å². The van der Waals surface area contributed by atoms with Crippen LogP contribution < -0.4 is 15.4 Å². The molecule has 29 heavy (non-hydrogen) atoms. The first-order chi connectivity index (χ1) is 14.0. The van der Waals surface area contributed by atoms with Crippen molar-refractivity contribution in [1.29, 1.82) is 0 Å². The summed E-state index contributed by atoms with van der Waals surface area (Å²) in [5, 5.41) is 6.07. The van der Waals surface area contributed by atoms with Crippen molar-refractivity contribution in [2.24, 2.45) is 0 Å². The van der Waals surface area contributed by atoms with Crippen LogP contribution in [0, 0.1) is 0 Å². The van der Waals surface area contributed by atoms with Crippen molar-refractivity contribution >= 4 is 23.6 Å². The van der Waals surface area contributed by atoms with Crippen molar-refractivity contribution in [1.82, 2.24) is 10.6 Å². The first-order valence-electron chi connectivity index (χ1n) is 9.41. The summed E-state index contributed by atoms with van der Waals surface area (Å²) in [5.41, 5.74) is 2.44. The molecule has 0 fully saturated rings. The molecule has 0 radical (unpaired) electrons. The lowest BCUT2D eigenvalue weighted by Crippen LogP contribution is -2.45. The van der Waals surface area contributed by atoms with Gasteiger partial charge in [0.25, 0.3) is 0 Å². The summed E-state index contributed by atoms with van der Waals surface area (Å²) in [6.07, 6.45) is 0.716. The van der Waals surface area contributed by atoms with E-state index in [2.05, 4.69) is 10.6 Å². The predicted molar refractivity (Wildman–Crippen MR) is 111 cm³/mol. The Morgan fingerprint density at radius 3 is 2.72 bits per heavy atom. The van der Waals surface area contributed by atoms with Gasteiger partial charge in [0.15, 0.2) is 0 Å². The van der Waals surface area contributed by atoms with Crippen LogP contribution in [-0.2, 0) is 16.1 Å². The molecular weight excluding hydrogens is 392 g/mol. The van der Waals surface area contributed by atoms with Gasteiger partial charge in [-0.25, -0.2) is 9.59 Å². The van der Waals surface area contributed by atoms with Gasteiger partial charge in [0, 0.05) is 16.3 Å².